The maximum atomic E-state index is 13.4. The summed E-state index contributed by atoms with van der Waals surface area (Å²) in [5.74, 6) is 0.379. The van der Waals surface area contributed by atoms with E-state index in [0.717, 1.165) is 64.7 Å². The number of aromatic nitrogens is 1. The van der Waals surface area contributed by atoms with Crippen molar-refractivity contribution >= 4 is 40.0 Å². The monoisotopic (exact) mass is 462 g/mol. The molecule has 0 aliphatic carbocycles. The molecule has 1 aliphatic heterocycles. The standard InChI is InChI=1S/C27H24Cl2N2O/c28-23-10-6-11-24(29)26(23)19-13-15-30(16-14-19)18-22-17-21-9-4-5-12-25(21)31(22)27(32)20-7-2-1-3-8-20/h1-12,17,19H,13-16,18H2. The van der Waals surface area contributed by atoms with Crippen LogP contribution < -0.4 is 0 Å². The lowest BCUT2D eigenvalue weighted by Gasteiger charge is -2.33. The van der Waals surface area contributed by atoms with Crippen LogP contribution in [-0.4, -0.2) is 28.5 Å². The Kier molecular flexibility index (Phi) is 6.05. The highest BCUT2D eigenvalue weighted by molar-refractivity contribution is 6.36. The van der Waals surface area contributed by atoms with Crippen molar-refractivity contribution in [2.45, 2.75) is 25.3 Å². The molecule has 0 bridgehead atoms. The number of benzene rings is 3. The first-order valence-corrected chi connectivity index (χ1v) is 11.7. The van der Waals surface area contributed by atoms with Gasteiger partial charge in [-0.2, -0.15) is 0 Å². The number of hydrogen-bond donors (Lipinski definition) is 0. The van der Waals surface area contributed by atoms with Gasteiger partial charge in [-0.15, -0.1) is 0 Å². The number of rotatable bonds is 4. The van der Waals surface area contributed by atoms with Gasteiger partial charge >= 0.3 is 0 Å². The zero-order chi connectivity index (χ0) is 22.1. The normalized spacial score (nSPS) is 15.3. The molecule has 1 saturated heterocycles. The molecule has 1 aromatic heterocycles. The number of likely N-dealkylation sites (tertiary alicyclic amines) is 1. The fourth-order valence-electron chi connectivity index (χ4n) is 4.79. The van der Waals surface area contributed by atoms with Crippen molar-refractivity contribution in [3.8, 4) is 0 Å². The maximum Gasteiger partial charge on any atom is 0.262 e. The van der Waals surface area contributed by atoms with Crippen LogP contribution in [0.5, 0.6) is 0 Å². The third kappa shape index (κ3) is 4.09. The Morgan fingerprint density at radius 1 is 0.844 bits per heavy atom. The number of fused-ring (bicyclic) bond motifs is 1. The molecule has 0 spiro atoms. The molecule has 0 atom stereocenters. The van der Waals surface area contributed by atoms with E-state index in [-0.39, 0.29) is 5.91 Å². The third-order valence-electron chi connectivity index (χ3n) is 6.39. The van der Waals surface area contributed by atoms with Crippen LogP contribution in [0.1, 0.15) is 40.4 Å². The predicted molar refractivity (Wildman–Crippen MR) is 132 cm³/mol. The van der Waals surface area contributed by atoms with Gasteiger partial charge < -0.3 is 0 Å². The highest BCUT2D eigenvalue weighted by Crippen LogP contribution is 2.37. The lowest BCUT2D eigenvalue weighted by atomic mass is 9.89. The van der Waals surface area contributed by atoms with Gasteiger partial charge in [0.05, 0.1) is 5.52 Å². The second kappa shape index (κ2) is 9.11. The van der Waals surface area contributed by atoms with E-state index in [9.17, 15) is 4.79 Å². The molecule has 0 unspecified atom stereocenters. The summed E-state index contributed by atoms with van der Waals surface area (Å²) in [7, 11) is 0. The first kappa shape index (κ1) is 21.3. The van der Waals surface area contributed by atoms with Crippen molar-refractivity contribution in [2.24, 2.45) is 0 Å². The average Bonchev–Trinajstić information content (AvgIpc) is 3.18. The second-order valence-electron chi connectivity index (χ2n) is 8.39. The van der Waals surface area contributed by atoms with Gasteiger partial charge in [0.25, 0.3) is 5.91 Å². The summed E-state index contributed by atoms with van der Waals surface area (Å²) in [6.07, 6.45) is 1.99. The third-order valence-corrected chi connectivity index (χ3v) is 7.05. The van der Waals surface area contributed by atoms with E-state index in [0.29, 0.717) is 11.5 Å². The molecule has 2 heterocycles. The summed E-state index contributed by atoms with van der Waals surface area (Å²) >= 11 is 12.9. The molecule has 0 saturated carbocycles. The van der Waals surface area contributed by atoms with E-state index < -0.39 is 0 Å². The van der Waals surface area contributed by atoms with E-state index >= 15 is 0 Å². The van der Waals surface area contributed by atoms with Gasteiger partial charge in [-0.05, 0) is 73.8 Å². The maximum absolute atomic E-state index is 13.4. The van der Waals surface area contributed by atoms with Crippen LogP contribution in [0.3, 0.4) is 0 Å². The lowest BCUT2D eigenvalue weighted by molar-refractivity contribution is 0.0957. The first-order chi connectivity index (χ1) is 15.6. The molecule has 5 heteroatoms. The number of para-hydroxylation sites is 1. The Labute approximate surface area is 198 Å². The van der Waals surface area contributed by atoms with Crippen LogP contribution in [0, 0.1) is 0 Å². The zero-order valence-electron chi connectivity index (χ0n) is 17.7. The Hall–Kier alpha value is -2.59. The quantitative estimate of drug-likeness (QED) is 0.325. The molecule has 1 aliphatic rings. The number of carbonyl (C=O) groups is 1. The predicted octanol–water partition coefficient (Wildman–Crippen LogP) is 7.02. The van der Waals surface area contributed by atoms with Gasteiger partial charge in [-0.25, -0.2) is 0 Å². The van der Waals surface area contributed by atoms with Crippen LogP contribution in [-0.2, 0) is 6.54 Å². The largest absolute Gasteiger partial charge is 0.298 e. The molecule has 0 radical (unpaired) electrons. The Bertz CT molecular complexity index is 1240. The van der Waals surface area contributed by atoms with Gasteiger partial charge in [0.1, 0.15) is 0 Å². The number of carbonyl (C=O) groups excluding carboxylic acids is 1. The Morgan fingerprint density at radius 3 is 2.22 bits per heavy atom. The van der Waals surface area contributed by atoms with Crippen LogP contribution in [0.15, 0.2) is 78.9 Å². The van der Waals surface area contributed by atoms with E-state index in [4.69, 9.17) is 23.2 Å². The summed E-state index contributed by atoms with van der Waals surface area (Å²) in [5, 5.41) is 2.60. The molecule has 4 aromatic rings. The second-order valence-corrected chi connectivity index (χ2v) is 9.20. The zero-order valence-corrected chi connectivity index (χ0v) is 19.2. The number of piperidine rings is 1. The van der Waals surface area contributed by atoms with Gasteiger partial charge in [-0.1, -0.05) is 65.7 Å². The molecule has 3 nitrogen and oxygen atoms in total. The summed E-state index contributed by atoms with van der Waals surface area (Å²) in [6, 6.07) is 25.5. The Morgan fingerprint density at radius 2 is 1.50 bits per heavy atom. The highest BCUT2D eigenvalue weighted by Gasteiger charge is 2.26. The fourth-order valence-corrected chi connectivity index (χ4v) is 5.49. The fraction of sp³-hybridized carbons (Fsp3) is 0.222. The van der Waals surface area contributed by atoms with Gasteiger partial charge in [0, 0.05) is 33.2 Å². The van der Waals surface area contributed by atoms with E-state index in [1.54, 1.807) is 0 Å². The van der Waals surface area contributed by atoms with Crippen molar-refractivity contribution < 1.29 is 4.79 Å². The molecule has 162 valence electrons. The molecular weight excluding hydrogens is 439 g/mol. The Balaban J connectivity index is 1.39. The topological polar surface area (TPSA) is 25.2 Å². The van der Waals surface area contributed by atoms with Crippen LogP contribution >= 0.6 is 23.2 Å². The average molecular weight is 463 g/mol. The molecule has 5 rings (SSSR count). The minimum Gasteiger partial charge on any atom is -0.298 e. The summed E-state index contributed by atoms with van der Waals surface area (Å²) in [5.41, 5.74) is 3.74. The number of hydrogen-bond acceptors (Lipinski definition) is 2. The summed E-state index contributed by atoms with van der Waals surface area (Å²) in [4.78, 5) is 15.8. The molecule has 0 N–H and O–H groups in total. The van der Waals surface area contributed by atoms with Gasteiger partial charge in [0.15, 0.2) is 0 Å². The van der Waals surface area contributed by atoms with E-state index in [1.807, 2.05) is 71.3 Å². The molecule has 3 aromatic carbocycles. The SMILES string of the molecule is O=C(c1ccccc1)n1c(CN2CCC(c3c(Cl)cccc3Cl)CC2)cc2ccccc21. The molecule has 1 fully saturated rings. The van der Waals surface area contributed by atoms with Crippen LogP contribution in [0.4, 0.5) is 0 Å². The lowest BCUT2D eigenvalue weighted by Crippen LogP contribution is -2.33. The van der Waals surface area contributed by atoms with Crippen LogP contribution in [0.2, 0.25) is 10.0 Å². The van der Waals surface area contributed by atoms with Crippen LogP contribution in [0.25, 0.3) is 10.9 Å². The smallest absolute Gasteiger partial charge is 0.262 e. The first-order valence-electron chi connectivity index (χ1n) is 11.0. The van der Waals surface area contributed by atoms with Crippen molar-refractivity contribution in [2.75, 3.05) is 13.1 Å². The van der Waals surface area contributed by atoms with Crippen molar-refractivity contribution in [1.82, 2.24) is 9.47 Å². The molecule has 0 amide bonds. The summed E-state index contributed by atoms with van der Waals surface area (Å²) < 4.78 is 1.88. The molecular formula is C27H24Cl2N2O. The minimum absolute atomic E-state index is 0.0135. The molecule has 32 heavy (non-hydrogen) atoms. The van der Waals surface area contributed by atoms with Gasteiger partial charge in [0.2, 0.25) is 0 Å². The van der Waals surface area contributed by atoms with Crippen molar-refractivity contribution in [3.63, 3.8) is 0 Å². The minimum atomic E-state index is 0.0135. The summed E-state index contributed by atoms with van der Waals surface area (Å²) in [6.45, 7) is 2.61. The number of nitrogens with zero attached hydrogens (tertiary/aromatic N) is 2. The number of halogens is 2. The van der Waals surface area contributed by atoms with E-state index in [1.165, 1.54) is 0 Å². The van der Waals surface area contributed by atoms with E-state index in [2.05, 4.69) is 17.0 Å². The van der Waals surface area contributed by atoms with Crippen molar-refractivity contribution in [3.05, 3.63) is 106 Å². The van der Waals surface area contributed by atoms with Gasteiger partial charge in [-0.3, -0.25) is 14.3 Å². The highest BCUT2D eigenvalue weighted by atomic mass is 35.5. The van der Waals surface area contributed by atoms with Crippen molar-refractivity contribution in [1.29, 1.82) is 0 Å².